The number of allylic oxidation sites excluding steroid dienone is 2. The molecule has 1 aromatic rings. The summed E-state index contributed by atoms with van der Waals surface area (Å²) in [5, 5.41) is 0.464. The van der Waals surface area contributed by atoms with Crippen LogP contribution in [-0.2, 0) is 16.1 Å². The number of likely N-dealkylation sites (tertiary alicyclic amines) is 1. The molecule has 0 radical (unpaired) electrons. The zero-order chi connectivity index (χ0) is 16.1. The van der Waals surface area contributed by atoms with Crippen LogP contribution in [0.2, 0.25) is 5.02 Å². The Kier molecular flexibility index (Phi) is 3.45. The van der Waals surface area contributed by atoms with Crippen LogP contribution in [0.15, 0.2) is 30.4 Å². The van der Waals surface area contributed by atoms with E-state index in [1.807, 2.05) is 12.1 Å². The lowest BCUT2D eigenvalue weighted by molar-refractivity contribution is -0.140. The van der Waals surface area contributed by atoms with Crippen molar-refractivity contribution in [2.45, 2.75) is 19.4 Å². The van der Waals surface area contributed by atoms with Crippen LogP contribution in [0.4, 0.5) is 0 Å². The van der Waals surface area contributed by atoms with E-state index in [0.29, 0.717) is 10.8 Å². The van der Waals surface area contributed by atoms with Crippen molar-refractivity contribution in [3.05, 3.63) is 40.9 Å². The first-order valence-electron chi connectivity index (χ1n) is 7.96. The fraction of sp³-hybridized carbons (Fsp3) is 0.444. The fourth-order valence-corrected chi connectivity index (χ4v) is 4.56. The minimum Gasteiger partial charge on any atom is -0.495 e. The Balaban J connectivity index is 1.64. The molecule has 4 unspecified atom stereocenters. The number of halogens is 1. The van der Waals surface area contributed by atoms with Gasteiger partial charge in [0.05, 0.1) is 30.5 Å². The number of hydrogen-bond acceptors (Lipinski definition) is 3. The summed E-state index contributed by atoms with van der Waals surface area (Å²) in [4.78, 5) is 27.0. The maximum absolute atomic E-state index is 12.8. The van der Waals surface area contributed by atoms with Crippen molar-refractivity contribution in [1.29, 1.82) is 0 Å². The zero-order valence-electron chi connectivity index (χ0n) is 12.9. The number of ether oxygens (including phenoxy) is 1. The number of nitrogens with zero attached hydrogens (tertiary/aromatic N) is 1. The van der Waals surface area contributed by atoms with Crippen LogP contribution >= 0.6 is 11.6 Å². The Labute approximate surface area is 140 Å². The number of fused-ring (bicyclic) bond motifs is 1. The fourth-order valence-electron chi connectivity index (χ4n) is 4.30. The largest absolute Gasteiger partial charge is 0.495 e. The Hall–Kier alpha value is -1.81. The molecule has 0 aromatic heterocycles. The van der Waals surface area contributed by atoms with Crippen molar-refractivity contribution in [2.75, 3.05) is 7.11 Å². The van der Waals surface area contributed by atoms with E-state index in [1.165, 1.54) is 4.90 Å². The van der Waals surface area contributed by atoms with Crippen LogP contribution in [0, 0.1) is 23.7 Å². The zero-order valence-corrected chi connectivity index (χ0v) is 13.6. The van der Waals surface area contributed by atoms with Gasteiger partial charge >= 0.3 is 0 Å². The van der Waals surface area contributed by atoms with Crippen LogP contribution in [0.5, 0.6) is 5.75 Å². The van der Waals surface area contributed by atoms with Gasteiger partial charge in [0.1, 0.15) is 5.75 Å². The first-order valence-corrected chi connectivity index (χ1v) is 8.34. The molecule has 5 heteroatoms. The Morgan fingerprint density at radius 3 is 2.26 bits per heavy atom. The summed E-state index contributed by atoms with van der Waals surface area (Å²) in [7, 11) is 1.55. The highest BCUT2D eigenvalue weighted by atomic mass is 35.5. The summed E-state index contributed by atoms with van der Waals surface area (Å²) in [5.41, 5.74) is 0.742. The predicted octanol–water partition coefficient (Wildman–Crippen LogP) is 3.05. The summed E-state index contributed by atoms with van der Waals surface area (Å²) in [6.45, 7) is 0.222. The van der Waals surface area contributed by atoms with E-state index in [9.17, 15) is 9.59 Å². The molecule has 2 amide bonds. The maximum atomic E-state index is 12.8. The van der Waals surface area contributed by atoms with Gasteiger partial charge in [0.2, 0.25) is 11.8 Å². The summed E-state index contributed by atoms with van der Waals surface area (Å²) in [6, 6.07) is 5.42. The van der Waals surface area contributed by atoms with Crippen molar-refractivity contribution in [3.63, 3.8) is 0 Å². The third-order valence-electron chi connectivity index (χ3n) is 5.44. The van der Waals surface area contributed by atoms with Crippen LogP contribution < -0.4 is 4.74 Å². The van der Waals surface area contributed by atoms with E-state index in [2.05, 4.69) is 12.2 Å². The molecule has 1 aromatic carbocycles. The molecule has 0 spiro atoms. The molecule has 3 aliphatic carbocycles. The third-order valence-corrected chi connectivity index (χ3v) is 5.87. The second-order valence-corrected chi connectivity index (χ2v) is 6.92. The van der Waals surface area contributed by atoms with Crippen molar-refractivity contribution in [1.82, 2.24) is 4.90 Å². The third kappa shape index (κ3) is 2.12. The highest BCUT2D eigenvalue weighted by Crippen LogP contribution is 2.50. The average Bonchev–Trinajstić information content (AvgIpc) is 2.85. The lowest BCUT2D eigenvalue weighted by Gasteiger charge is -2.38. The van der Waals surface area contributed by atoms with Gasteiger partial charge in [0.15, 0.2) is 0 Å². The molecule has 2 bridgehead atoms. The van der Waals surface area contributed by atoms with Gasteiger partial charge in [0.25, 0.3) is 0 Å². The van der Waals surface area contributed by atoms with E-state index >= 15 is 0 Å². The molecule has 1 saturated carbocycles. The maximum Gasteiger partial charge on any atom is 0.234 e. The number of imide groups is 1. The molecule has 1 saturated heterocycles. The van der Waals surface area contributed by atoms with E-state index in [-0.39, 0.29) is 42.0 Å². The molecule has 120 valence electrons. The minimum atomic E-state index is -0.171. The molecule has 4 nitrogen and oxygen atoms in total. The van der Waals surface area contributed by atoms with Gasteiger partial charge in [0, 0.05) is 0 Å². The smallest absolute Gasteiger partial charge is 0.234 e. The molecule has 1 aliphatic heterocycles. The van der Waals surface area contributed by atoms with Crippen LogP contribution in [0.25, 0.3) is 0 Å². The number of methoxy groups -OCH3 is 1. The molecule has 23 heavy (non-hydrogen) atoms. The molecule has 5 rings (SSSR count). The number of rotatable bonds is 3. The second-order valence-electron chi connectivity index (χ2n) is 6.54. The molecule has 1 heterocycles. The van der Waals surface area contributed by atoms with Gasteiger partial charge in [-0.2, -0.15) is 0 Å². The molecule has 0 N–H and O–H groups in total. The predicted molar refractivity (Wildman–Crippen MR) is 85.9 cm³/mol. The summed E-state index contributed by atoms with van der Waals surface area (Å²) < 4.78 is 5.21. The van der Waals surface area contributed by atoms with Crippen molar-refractivity contribution in [2.24, 2.45) is 23.7 Å². The number of carbonyl (C=O) groups is 2. The van der Waals surface area contributed by atoms with Crippen molar-refractivity contribution < 1.29 is 14.3 Å². The van der Waals surface area contributed by atoms with Crippen molar-refractivity contribution in [3.8, 4) is 5.75 Å². The molecular formula is C18H18ClNO3. The number of benzene rings is 1. The normalized spacial score (nSPS) is 31.7. The average molecular weight is 332 g/mol. The van der Waals surface area contributed by atoms with Crippen LogP contribution in [0.3, 0.4) is 0 Å². The van der Waals surface area contributed by atoms with E-state index in [4.69, 9.17) is 16.3 Å². The van der Waals surface area contributed by atoms with Gasteiger partial charge < -0.3 is 4.74 Å². The molecule has 4 atom stereocenters. The SMILES string of the molecule is COc1cccc(CN2C(=O)C3C4C=CC(CC4)C3C2=O)c1Cl. The first kappa shape index (κ1) is 14.8. The first-order chi connectivity index (χ1) is 11.1. The van der Waals surface area contributed by atoms with Crippen LogP contribution in [-0.4, -0.2) is 23.8 Å². The Bertz CT molecular complexity index is 682. The van der Waals surface area contributed by atoms with Gasteiger partial charge in [-0.15, -0.1) is 0 Å². The lowest BCUT2D eigenvalue weighted by atomic mass is 9.63. The second kappa shape index (κ2) is 5.38. The van der Waals surface area contributed by atoms with Crippen molar-refractivity contribution >= 4 is 23.4 Å². The van der Waals surface area contributed by atoms with E-state index in [0.717, 1.165) is 18.4 Å². The van der Waals surface area contributed by atoms with E-state index < -0.39 is 0 Å². The standard InChI is InChI=1S/C18H18ClNO3/c1-23-13-4-2-3-12(16(13)19)9-20-17(21)14-10-5-6-11(8-7-10)15(14)18(20)22/h2-6,10-11,14-15H,7-9H2,1H3. The van der Waals surface area contributed by atoms with Gasteiger partial charge in [-0.3, -0.25) is 14.5 Å². The highest BCUT2D eigenvalue weighted by molar-refractivity contribution is 6.32. The monoisotopic (exact) mass is 331 g/mol. The molecule has 4 aliphatic rings. The Morgan fingerprint density at radius 2 is 1.74 bits per heavy atom. The van der Waals surface area contributed by atoms with E-state index in [1.54, 1.807) is 13.2 Å². The summed E-state index contributed by atoms with van der Waals surface area (Å²) in [5.74, 6) is 0.559. The number of carbonyl (C=O) groups excluding carboxylic acids is 2. The number of amides is 2. The number of hydrogen-bond donors (Lipinski definition) is 0. The lowest BCUT2D eigenvalue weighted by Crippen LogP contribution is -2.38. The Morgan fingerprint density at radius 1 is 1.13 bits per heavy atom. The molecular weight excluding hydrogens is 314 g/mol. The van der Waals surface area contributed by atoms with Gasteiger partial charge in [-0.25, -0.2) is 0 Å². The molecule has 2 fully saturated rings. The minimum absolute atomic E-state index is 0.0436. The topological polar surface area (TPSA) is 46.6 Å². The summed E-state index contributed by atoms with van der Waals surface area (Å²) in [6.07, 6.45) is 6.27. The quantitative estimate of drug-likeness (QED) is 0.631. The van der Waals surface area contributed by atoms with Gasteiger partial charge in [-0.1, -0.05) is 35.9 Å². The van der Waals surface area contributed by atoms with Gasteiger partial charge in [-0.05, 0) is 36.3 Å². The highest BCUT2D eigenvalue weighted by Gasteiger charge is 2.56. The van der Waals surface area contributed by atoms with Crippen LogP contribution in [0.1, 0.15) is 18.4 Å². The summed E-state index contributed by atoms with van der Waals surface area (Å²) >= 11 is 6.32.